The lowest BCUT2D eigenvalue weighted by Crippen LogP contribution is -2.18. The molecule has 0 fully saturated rings. The predicted octanol–water partition coefficient (Wildman–Crippen LogP) is 5.43. The van der Waals surface area contributed by atoms with Crippen LogP contribution in [0.1, 0.15) is 35.2 Å². The van der Waals surface area contributed by atoms with Gasteiger partial charge in [0, 0.05) is 12.6 Å². The molecule has 3 heteroatoms. The summed E-state index contributed by atoms with van der Waals surface area (Å²) >= 11 is 0. The number of benzene rings is 3. The molecule has 1 unspecified atom stereocenters. The van der Waals surface area contributed by atoms with Crippen LogP contribution in [0.5, 0.6) is 11.5 Å². The molecule has 27 heavy (non-hydrogen) atoms. The molecule has 3 nitrogen and oxygen atoms in total. The smallest absolute Gasteiger partial charge is 0.161 e. The number of hydrogen-bond acceptors (Lipinski definition) is 3. The van der Waals surface area contributed by atoms with Gasteiger partial charge in [-0.15, -0.1) is 0 Å². The van der Waals surface area contributed by atoms with Gasteiger partial charge in [-0.2, -0.15) is 0 Å². The molecule has 3 rings (SSSR count). The van der Waals surface area contributed by atoms with Crippen molar-refractivity contribution in [1.29, 1.82) is 0 Å². The predicted molar refractivity (Wildman–Crippen MR) is 110 cm³/mol. The topological polar surface area (TPSA) is 30.5 Å². The zero-order valence-corrected chi connectivity index (χ0v) is 16.2. The molecule has 0 aliphatic carbocycles. The summed E-state index contributed by atoms with van der Waals surface area (Å²) in [7, 11) is 1.67. The molecule has 140 valence electrons. The fraction of sp³-hybridized carbons (Fsp3) is 0.250. The monoisotopic (exact) mass is 361 g/mol. The minimum atomic E-state index is 0.279. The van der Waals surface area contributed by atoms with E-state index in [0.29, 0.717) is 6.61 Å². The minimum Gasteiger partial charge on any atom is -0.493 e. The van der Waals surface area contributed by atoms with Gasteiger partial charge in [0.25, 0.3) is 0 Å². The van der Waals surface area contributed by atoms with Crippen LogP contribution in [0.15, 0.2) is 72.8 Å². The summed E-state index contributed by atoms with van der Waals surface area (Å²) in [5.41, 5.74) is 4.87. The van der Waals surface area contributed by atoms with Crippen molar-refractivity contribution in [2.75, 3.05) is 7.11 Å². The Morgan fingerprint density at radius 1 is 0.852 bits per heavy atom. The van der Waals surface area contributed by atoms with E-state index in [1.807, 2.05) is 24.3 Å². The van der Waals surface area contributed by atoms with Crippen molar-refractivity contribution in [3.05, 3.63) is 95.1 Å². The fourth-order valence-electron chi connectivity index (χ4n) is 2.92. The second-order valence-electron chi connectivity index (χ2n) is 6.77. The van der Waals surface area contributed by atoms with E-state index in [1.54, 1.807) is 7.11 Å². The van der Waals surface area contributed by atoms with Crippen molar-refractivity contribution in [1.82, 2.24) is 5.32 Å². The first-order chi connectivity index (χ1) is 13.2. The molecule has 1 N–H and O–H groups in total. The van der Waals surface area contributed by atoms with Gasteiger partial charge >= 0.3 is 0 Å². The van der Waals surface area contributed by atoms with Crippen molar-refractivity contribution in [3.63, 3.8) is 0 Å². The van der Waals surface area contributed by atoms with Crippen LogP contribution in [0.2, 0.25) is 0 Å². The largest absolute Gasteiger partial charge is 0.493 e. The van der Waals surface area contributed by atoms with Crippen molar-refractivity contribution < 1.29 is 9.47 Å². The van der Waals surface area contributed by atoms with Crippen LogP contribution in [0.3, 0.4) is 0 Å². The van der Waals surface area contributed by atoms with Gasteiger partial charge in [-0.3, -0.25) is 0 Å². The van der Waals surface area contributed by atoms with Crippen LogP contribution >= 0.6 is 0 Å². The highest BCUT2D eigenvalue weighted by Crippen LogP contribution is 2.29. The second kappa shape index (κ2) is 9.24. The first-order valence-corrected chi connectivity index (χ1v) is 9.29. The average Bonchev–Trinajstić information content (AvgIpc) is 2.71. The molecule has 0 amide bonds. The molecule has 0 spiro atoms. The lowest BCUT2D eigenvalue weighted by Gasteiger charge is -2.16. The number of nitrogens with one attached hydrogen (secondary N) is 1. The number of hydrogen-bond donors (Lipinski definition) is 1. The maximum Gasteiger partial charge on any atom is 0.161 e. The van der Waals surface area contributed by atoms with E-state index in [2.05, 4.69) is 67.7 Å². The Hall–Kier alpha value is -2.78. The summed E-state index contributed by atoms with van der Waals surface area (Å²) in [6.45, 7) is 5.58. The van der Waals surface area contributed by atoms with Gasteiger partial charge < -0.3 is 14.8 Å². The van der Waals surface area contributed by atoms with E-state index in [1.165, 1.54) is 11.1 Å². The van der Waals surface area contributed by atoms with Gasteiger partial charge in [0.2, 0.25) is 0 Å². The van der Waals surface area contributed by atoms with E-state index in [0.717, 1.165) is 29.2 Å². The Kier molecular flexibility index (Phi) is 6.50. The summed E-state index contributed by atoms with van der Waals surface area (Å²) in [6.07, 6.45) is 0. The molecular formula is C24H27NO2. The van der Waals surface area contributed by atoms with Crippen LogP contribution in [-0.4, -0.2) is 7.11 Å². The summed E-state index contributed by atoms with van der Waals surface area (Å²) in [4.78, 5) is 0. The highest BCUT2D eigenvalue weighted by molar-refractivity contribution is 5.43. The summed E-state index contributed by atoms with van der Waals surface area (Å²) < 4.78 is 11.5. The number of methoxy groups -OCH3 is 1. The molecule has 0 radical (unpaired) electrons. The molecule has 1 atom stereocenters. The first-order valence-electron chi connectivity index (χ1n) is 9.29. The molecule has 3 aromatic rings. The van der Waals surface area contributed by atoms with Crippen LogP contribution in [-0.2, 0) is 13.2 Å². The van der Waals surface area contributed by atoms with Crippen molar-refractivity contribution >= 4 is 0 Å². The lowest BCUT2D eigenvalue weighted by atomic mass is 10.1. The van der Waals surface area contributed by atoms with Gasteiger partial charge in [-0.1, -0.05) is 66.2 Å². The standard InChI is InChI=1S/C24H27NO2/c1-18-9-12-22(13-10-18)19(2)25-16-21-11-14-23(26-3)24(15-21)27-17-20-7-5-4-6-8-20/h4-15,19,25H,16-17H2,1-3H3. The van der Waals surface area contributed by atoms with Crippen LogP contribution in [0.4, 0.5) is 0 Å². The third-order valence-corrected chi connectivity index (χ3v) is 4.65. The summed E-state index contributed by atoms with van der Waals surface area (Å²) in [6, 6.07) is 25.2. The number of aryl methyl sites for hydroxylation is 1. The number of ether oxygens (including phenoxy) is 2. The zero-order chi connectivity index (χ0) is 19.1. The van der Waals surface area contributed by atoms with E-state index in [9.17, 15) is 0 Å². The van der Waals surface area contributed by atoms with E-state index >= 15 is 0 Å². The van der Waals surface area contributed by atoms with Crippen molar-refractivity contribution in [2.24, 2.45) is 0 Å². The molecule has 0 aliphatic heterocycles. The Morgan fingerprint density at radius 2 is 1.59 bits per heavy atom. The summed E-state index contributed by atoms with van der Waals surface area (Å²) in [5, 5.41) is 3.58. The second-order valence-corrected chi connectivity index (χ2v) is 6.77. The van der Waals surface area contributed by atoms with Crippen molar-refractivity contribution in [2.45, 2.75) is 33.0 Å². The van der Waals surface area contributed by atoms with Gasteiger partial charge in [0.05, 0.1) is 7.11 Å². The van der Waals surface area contributed by atoms with Crippen molar-refractivity contribution in [3.8, 4) is 11.5 Å². The highest BCUT2D eigenvalue weighted by Gasteiger charge is 2.09. The van der Waals surface area contributed by atoms with Gasteiger partial charge in [-0.25, -0.2) is 0 Å². The van der Waals surface area contributed by atoms with Gasteiger partial charge in [-0.05, 0) is 42.7 Å². The lowest BCUT2D eigenvalue weighted by molar-refractivity contribution is 0.284. The maximum atomic E-state index is 6.01. The molecule has 0 bridgehead atoms. The Bertz CT molecular complexity index is 844. The van der Waals surface area contributed by atoms with Gasteiger partial charge in [0.15, 0.2) is 11.5 Å². The Balaban J connectivity index is 1.64. The van der Waals surface area contributed by atoms with E-state index in [-0.39, 0.29) is 6.04 Å². The third-order valence-electron chi connectivity index (χ3n) is 4.65. The molecular weight excluding hydrogens is 334 g/mol. The average molecular weight is 361 g/mol. The third kappa shape index (κ3) is 5.35. The number of rotatable bonds is 8. The quantitative estimate of drug-likeness (QED) is 0.580. The Morgan fingerprint density at radius 3 is 2.30 bits per heavy atom. The van der Waals surface area contributed by atoms with Crippen LogP contribution in [0.25, 0.3) is 0 Å². The molecule has 0 saturated carbocycles. The molecule has 0 aliphatic rings. The Labute approximate surface area is 162 Å². The maximum absolute atomic E-state index is 6.01. The SMILES string of the molecule is COc1ccc(CNC(C)c2ccc(C)cc2)cc1OCc1ccccc1. The minimum absolute atomic E-state index is 0.279. The first kappa shape index (κ1) is 19.0. The molecule has 0 saturated heterocycles. The molecule has 0 heterocycles. The highest BCUT2D eigenvalue weighted by atomic mass is 16.5. The summed E-state index contributed by atoms with van der Waals surface area (Å²) in [5.74, 6) is 1.52. The normalized spacial score (nSPS) is 11.8. The van der Waals surface area contributed by atoms with Gasteiger partial charge in [0.1, 0.15) is 6.61 Å². The van der Waals surface area contributed by atoms with E-state index < -0.39 is 0 Å². The molecule has 3 aromatic carbocycles. The fourth-order valence-corrected chi connectivity index (χ4v) is 2.92. The van der Waals surface area contributed by atoms with Crippen LogP contribution in [0, 0.1) is 6.92 Å². The zero-order valence-electron chi connectivity index (χ0n) is 16.2. The van der Waals surface area contributed by atoms with Crippen LogP contribution < -0.4 is 14.8 Å². The molecule has 0 aromatic heterocycles. The van der Waals surface area contributed by atoms with E-state index in [4.69, 9.17) is 9.47 Å².